The number of amides is 8. The Morgan fingerprint density at radius 1 is 0.457 bits per heavy atom. The second-order valence-corrected chi connectivity index (χ2v) is 20.2. The highest BCUT2D eigenvalue weighted by Gasteiger charge is 2.46. The molecule has 0 aromatic carbocycles. The van der Waals surface area contributed by atoms with Gasteiger partial charge in [0.25, 0.3) is 0 Å². The molecule has 0 aliphatic carbocycles. The summed E-state index contributed by atoms with van der Waals surface area (Å²) in [5.41, 5.74) is 11.5. The Balaban J connectivity index is 1.98. The first-order valence-corrected chi connectivity index (χ1v) is 24.7. The number of carbonyl (C=O) groups excluding carboxylic acids is 8. The van der Waals surface area contributed by atoms with Crippen LogP contribution in [-0.4, -0.2) is 179 Å². The van der Waals surface area contributed by atoms with Crippen molar-refractivity contribution in [2.45, 2.75) is 192 Å². The van der Waals surface area contributed by atoms with Crippen LogP contribution in [0.4, 0.5) is 0 Å². The topological polar surface area (TPSA) is 384 Å². The van der Waals surface area contributed by atoms with Crippen LogP contribution < -0.4 is 54.0 Å². The number of hydrogen-bond acceptors (Lipinski definition) is 16. The van der Waals surface area contributed by atoms with E-state index in [9.17, 15) is 58.8 Å². The molecule has 0 saturated carbocycles. The lowest BCUT2D eigenvalue weighted by Gasteiger charge is -2.28. The van der Waals surface area contributed by atoms with Crippen molar-refractivity contribution in [3.05, 3.63) is 0 Å². The van der Waals surface area contributed by atoms with Gasteiger partial charge in [0.1, 0.15) is 72.9 Å². The molecule has 0 aromatic heterocycles. The number of aliphatic hydroxyl groups is 4. The predicted molar refractivity (Wildman–Crippen MR) is 253 cm³/mol. The lowest BCUT2D eigenvalue weighted by Crippen LogP contribution is -2.58. The molecule has 14 atom stereocenters. The molecule has 3 aliphatic rings. The van der Waals surface area contributed by atoms with E-state index >= 15 is 0 Å². The first-order valence-electron chi connectivity index (χ1n) is 24.7. The maximum absolute atomic E-state index is 13.9. The summed E-state index contributed by atoms with van der Waals surface area (Å²) in [6.07, 6.45) is -11.1. The summed E-state index contributed by atoms with van der Waals surface area (Å²) in [6, 6.07) is -7.08. The van der Waals surface area contributed by atoms with Gasteiger partial charge in [0, 0.05) is 13.1 Å². The van der Waals surface area contributed by atoms with Gasteiger partial charge in [0.05, 0.1) is 25.0 Å². The lowest BCUT2D eigenvalue weighted by molar-refractivity contribution is -0.135. The van der Waals surface area contributed by atoms with Crippen molar-refractivity contribution < 1.29 is 68.3 Å². The van der Waals surface area contributed by atoms with Gasteiger partial charge in [-0.2, -0.15) is 0 Å². The molecule has 24 heteroatoms. The highest BCUT2D eigenvalue weighted by atomic mass is 16.5. The molecule has 400 valence electrons. The molecule has 24 nitrogen and oxygen atoms in total. The van der Waals surface area contributed by atoms with E-state index in [1.54, 1.807) is 27.7 Å². The Morgan fingerprint density at radius 2 is 0.771 bits per heavy atom. The van der Waals surface area contributed by atoms with Gasteiger partial charge >= 0.3 is 0 Å². The van der Waals surface area contributed by atoms with Crippen molar-refractivity contribution in [3.63, 3.8) is 0 Å². The van der Waals surface area contributed by atoms with Crippen LogP contribution in [-0.2, 0) is 47.8 Å². The van der Waals surface area contributed by atoms with E-state index in [1.807, 2.05) is 27.7 Å². The van der Waals surface area contributed by atoms with E-state index in [1.165, 1.54) is 0 Å². The van der Waals surface area contributed by atoms with Crippen LogP contribution in [0.2, 0.25) is 0 Å². The van der Waals surface area contributed by atoms with Crippen molar-refractivity contribution >= 4 is 47.3 Å². The molecular weight excluding hydrogens is 917 g/mol. The molecular formula is C46H82N10O14. The van der Waals surface area contributed by atoms with Gasteiger partial charge in [0.2, 0.25) is 47.3 Å². The van der Waals surface area contributed by atoms with Crippen LogP contribution in [0.1, 0.15) is 107 Å². The Morgan fingerprint density at radius 3 is 1.07 bits per heavy atom. The molecule has 3 heterocycles. The summed E-state index contributed by atoms with van der Waals surface area (Å²) < 4.78 is 11.7. The standard InChI is InChI=1S/C46H82N10O14/c1-21(2)15-27-41(63)49-19-31-39(61)37(59)29(69-31)17-33(57)56-36(24(7)8)46(68)52-26(12-10-14-48)44(66)54-28(16-22(3)4)42(64)50-20-32-40(62)38(60)30(70-32)18-34(58)55-35(23(5)6)45(67)51-25(11-9-13-47)43(65)53-27/h21-32,35-40,59-62H,9-20,47-48H2,1-8H3,(H,49,63)(H,50,64)(H,51,67)(H,52,68)(H,53,65)(H,54,66)(H,55,58)(H,56,57)/t25-,26+,27-,28+,29-,30-,31+,32+,35-,36+,37-,38-,39+,40+/m0/s1. The van der Waals surface area contributed by atoms with Gasteiger partial charge in [-0.15, -0.1) is 0 Å². The normalized spacial score (nSPS) is 33.3. The molecule has 0 radical (unpaired) electrons. The van der Waals surface area contributed by atoms with Gasteiger partial charge < -0.3 is 83.9 Å². The van der Waals surface area contributed by atoms with E-state index in [2.05, 4.69) is 42.5 Å². The molecule has 3 saturated heterocycles. The Bertz CT molecular complexity index is 1650. The molecule has 4 bridgehead atoms. The molecule has 8 amide bonds. The first-order chi connectivity index (χ1) is 32.9. The fourth-order valence-corrected chi connectivity index (χ4v) is 8.53. The van der Waals surface area contributed by atoms with E-state index in [4.69, 9.17) is 20.9 Å². The Labute approximate surface area is 410 Å². The van der Waals surface area contributed by atoms with Crippen molar-refractivity contribution in [2.24, 2.45) is 35.1 Å². The maximum Gasteiger partial charge on any atom is 0.243 e. The fraction of sp³-hybridized carbons (Fsp3) is 0.826. The van der Waals surface area contributed by atoms with Gasteiger partial charge in [-0.05, 0) is 75.3 Å². The molecule has 0 aromatic rings. The predicted octanol–water partition coefficient (Wildman–Crippen LogP) is -4.22. The molecule has 0 unspecified atom stereocenters. The van der Waals surface area contributed by atoms with Crippen molar-refractivity contribution in [2.75, 3.05) is 26.2 Å². The monoisotopic (exact) mass is 999 g/mol. The number of hydrogen-bond donors (Lipinski definition) is 14. The van der Waals surface area contributed by atoms with Crippen LogP contribution in [0.3, 0.4) is 0 Å². The number of rotatable bonds is 12. The van der Waals surface area contributed by atoms with E-state index in [0.717, 1.165) is 0 Å². The van der Waals surface area contributed by atoms with E-state index in [-0.39, 0.29) is 63.7 Å². The largest absolute Gasteiger partial charge is 0.388 e. The zero-order valence-electron chi connectivity index (χ0n) is 41.9. The minimum atomic E-state index is -1.57. The van der Waals surface area contributed by atoms with Crippen molar-refractivity contribution in [1.29, 1.82) is 0 Å². The smallest absolute Gasteiger partial charge is 0.243 e. The third-order valence-electron chi connectivity index (χ3n) is 12.5. The molecule has 3 fully saturated rings. The van der Waals surface area contributed by atoms with Crippen LogP contribution >= 0.6 is 0 Å². The quantitative estimate of drug-likeness (QED) is 0.0881. The fourth-order valence-electron chi connectivity index (χ4n) is 8.53. The van der Waals surface area contributed by atoms with Crippen LogP contribution in [0.25, 0.3) is 0 Å². The average Bonchev–Trinajstić information content (AvgIpc) is 3.70. The van der Waals surface area contributed by atoms with Crippen LogP contribution in [0.5, 0.6) is 0 Å². The average molecular weight is 999 g/mol. The number of fused-ring (bicyclic) bond motifs is 4. The number of nitrogens with one attached hydrogen (secondary N) is 8. The van der Waals surface area contributed by atoms with Crippen LogP contribution in [0, 0.1) is 23.7 Å². The van der Waals surface area contributed by atoms with Gasteiger partial charge in [-0.3, -0.25) is 38.4 Å². The SMILES string of the molecule is CC(C)C[C@@H]1NC(=O)[C@H](CCCN)NC(=O)[C@H](C(C)C)NC(=O)C[C@@H]2O[C@H](CNC(=O)[C@@H](CC(C)C)NC(=O)[C@@H](CCCN)NC(=O)[C@@H](C(C)C)NC(=O)C[C@@H]3O[C@H](CNC1=O)[C@@H](O)[C@H]3O)[C@@H](O)[C@H]2O. The highest BCUT2D eigenvalue weighted by Crippen LogP contribution is 2.25. The lowest BCUT2D eigenvalue weighted by atomic mass is 9.99. The van der Waals surface area contributed by atoms with Gasteiger partial charge in [-0.25, -0.2) is 0 Å². The summed E-state index contributed by atoms with van der Waals surface area (Å²) in [6.45, 7) is 13.6. The molecule has 16 N–H and O–H groups in total. The molecule has 3 rings (SSSR count). The van der Waals surface area contributed by atoms with E-state index < -0.39 is 157 Å². The zero-order valence-corrected chi connectivity index (χ0v) is 41.9. The third-order valence-corrected chi connectivity index (χ3v) is 12.5. The molecule has 70 heavy (non-hydrogen) atoms. The summed E-state index contributed by atoms with van der Waals surface area (Å²) in [5, 5.41) is 65.0. The number of carbonyl (C=O) groups is 8. The molecule has 3 aliphatic heterocycles. The zero-order chi connectivity index (χ0) is 52.6. The first kappa shape index (κ1) is 59.7. The second kappa shape index (κ2) is 28.5. The second-order valence-electron chi connectivity index (χ2n) is 20.2. The van der Waals surface area contributed by atoms with Gasteiger partial charge in [-0.1, -0.05) is 55.4 Å². The molecule has 0 spiro atoms. The number of nitrogens with two attached hydrogens (primary N) is 2. The van der Waals surface area contributed by atoms with Crippen molar-refractivity contribution in [3.8, 4) is 0 Å². The number of ether oxygens (including phenoxy) is 2. The summed E-state index contributed by atoms with van der Waals surface area (Å²) in [4.78, 5) is 110. The third kappa shape index (κ3) is 17.9. The Kier molecular flexibility index (Phi) is 24.3. The minimum absolute atomic E-state index is 0.0677. The highest BCUT2D eigenvalue weighted by molar-refractivity contribution is 5.95. The van der Waals surface area contributed by atoms with Gasteiger partial charge in [0.15, 0.2) is 0 Å². The van der Waals surface area contributed by atoms with Crippen LogP contribution in [0.15, 0.2) is 0 Å². The Hall–Kier alpha value is -4.56. The number of aliphatic hydroxyl groups excluding tert-OH is 4. The minimum Gasteiger partial charge on any atom is -0.388 e. The summed E-state index contributed by atoms with van der Waals surface area (Å²) in [7, 11) is 0. The summed E-state index contributed by atoms with van der Waals surface area (Å²) >= 11 is 0. The van der Waals surface area contributed by atoms with Crippen molar-refractivity contribution in [1.82, 2.24) is 42.5 Å². The summed E-state index contributed by atoms with van der Waals surface area (Å²) in [5.74, 6) is -6.94. The maximum atomic E-state index is 13.9. The van der Waals surface area contributed by atoms with E-state index in [0.29, 0.717) is 12.8 Å².